The average molecular weight is 201 g/mol. The Hall–Kier alpha value is 1.32. The van der Waals surface area contributed by atoms with Gasteiger partial charge in [0.25, 0.3) is 0 Å². The van der Waals surface area contributed by atoms with Crippen LogP contribution in [-0.2, 0) is 17.1 Å². The Bertz CT molecular complexity index is 35.4. The number of hydrogen-bond acceptors (Lipinski definition) is 2. The van der Waals surface area contributed by atoms with E-state index in [1.54, 1.807) is 0 Å². The molecule has 8 heavy (non-hydrogen) atoms. The molecule has 0 aliphatic carbocycles. The molecule has 45 valence electrons. The zero-order chi connectivity index (χ0) is 6.24. The molecule has 3 heteroatoms. The van der Waals surface area contributed by atoms with E-state index in [0.717, 1.165) is 0 Å². The fourth-order valence-electron chi connectivity index (χ4n) is 0.470. The Balaban J connectivity index is 2.53. The Morgan fingerprint density at radius 2 is 2.12 bits per heavy atom. The van der Waals surface area contributed by atoms with Crippen molar-refractivity contribution in [2.24, 2.45) is 0 Å². The van der Waals surface area contributed by atoms with E-state index in [-0.39, 0.29) is 0 Å². The Morgan fingerprint density at radius 1 is 1.38 bits per heavy atom. The third-order valence-electron chi connectivity index (χ3n) is 0.915. The number of unbranched alkanes of at least 4 members (excludes halogenated alkanes) is 2. The van der Waals surface area contributed by atoms with Crippen LogP contribution in [0.4, 0.5) is 0 Å². The molecule has 0 atom stereocenters. The molecule has 0 fully saturated rings. The Morgan fingerprint density at radius 3 is 2.62 bits per heavy atom. The molecule has 0 unspecified atom stereocenters. The molecule has 0 saturated heterocycles. The first-order chi connectivity index (χ1) is 3.91. The molecule has 0 bridgehead atoms. The molecule has 0 saturated carbocycles. The van der Waals surface area contributed by atoms with Crippen LogP contribution in [0, 0.1) is 0 Å². The quantitative estimate of drug-likeness (QED) is 0.380. The summed E-state index contributed by atoms with van der Waals surface area (Å²) in [5, 5.41) is 0. The van der Waals surface area contributed by atoms with Crippen LogP contribution in [0.3, 0.4) is 0 Å². The van der Waals surface area contributed by atoms with E-state index in [1.165, 1.54) is 42.1 Å². The first-order valence-corrected chi connectivity index (χ1v) is 9.07. The molecule has 0 spiro atoms. The van der Waals surface area contributed by atoms with E-state index in [9.17, 15) is 0 Å². The zero-order valence-electron chi connectivity index (χ0n) is 5.35. The van der Waals surface area contributed by atoms with Crippen LogP contribution >= 0.6 is 19.6 Å². The van der Waals surface area contributed by atoms with Crippen molar-refractivity contribution in [3.05, 3.63) is 0 Å². The summed E-state index contributed by atoms with van der Waals surface area (Å²) in [7, 11) is 4.01. The van der Waals surface area contributed by atoms with E-state index < -0.39 is 0 Å². The molecular formula is C5H11S2Zn. The third kappa shape index (κ3) is 7.32. The van der Waals surface area contributed by atoms with Crippen molar-refractivity contribution < 1.29 is 17.1 Å². The van der Waals surface area contributed by atoms with Crippen molar-refractivity contribution in [3.8, 4) is 0 Å². The van der Waals surface area contributed by atoms with Crippen LogP contribution in [0.25, 0.3) is 0 Å². The standard InChI is InChI=1S/C5H12S2.Zn/c1-2-3-4-5-7-6;/h6H,2-5H2,1H3;/q;+1/p-1. The van der Waals surface area contributed by atoms with Crippen LogP contribution < -0.4 is 0 Å². The molecule has 0 aliphatic rings. The van der Waals surface area contributed by atoms with Gasteiger partial charge in [0.05, 0.1) is 0 Å². The van der Waals surface area contributed by atoms with Gasteiger partial charge >= 0.3 is 68.6 Å². The molecule has 0 rings (SSSR count). The zero-order valence-corrected chi connectivity index (χ0v) is 9.95. The molecule has 0 amide bonds. The van der Waals surface area contributed by atoms with Crippen molar-refractivity contribution in [1.82, 2.24) is 0 Å². The summed E-state index contributed by atoms with van der Waals surface area (Å²) in [4.78, 5) is 0. The van der Waals surface area contributed by atoms with Crippen molar-refractivity contribution in [3.63, 3.8) is 0 Å². The Labute approximate surface area is 68.5 Å². The van der Waals surface area contributed by atoms with Gasteiger partial charge in [-0.3, -0.25) is 0 Å². The summed E-state index contributed by atoms with van der Waals surface area (Å²) in [6, 6.07) is 0. The van der Waals surface area contributed by atoms with Crippen LogP contribution in [0.5, 0.6) is 0 Å². The van der Waals surface area contributed by atoms with Gasteiger partial charge in [-0.15, -0.1) is 0 Å². The van der Waals surface area contributed by atoms with Gasteiger partial charge in [-0.25, -0.2) is 0 Å². The van der Waals surface area contributed by atoms with E-state index in [1.807, 2.05) is 19.6 Å². The fraction of sp³-hybridized carbons (Fsp3) is 1.00. The molecule has 0 nitrogen and oxygen atoms in total. The van der Waals surface area contributed by atoms with E-state index in [4.69, 9.17) is 0 Å². The van der Waals surface area contributed by atoms with Crippen LogP contribution in [0.2, 0.25) is 0 Å². The maximum atomic E-state index is 2.25. The van der Waals surface area contributed by atoms with Crippen molar-refractivity contribution in [1.29, 1.82) is 0 Å². The summed E-state index contributed by atoms with van der Waals surface area (Å²) < 4.78 is 0. The van der Waals surface area contributed by atoms with Gasteiger partial charge in [0, 0.05) is 0 Å². The third-order valence-corrected chi connectivity index (χ3v) is 5.68. The molecular weight excluding hydrogens is 190 g/mol. The van der Waals surface area contributed by atoms with Crippen LogP contribution in [0.1, 0.15) is 26.2 Å². The summed E-state index contributed by atoms with van der Waals surface area (Å²) in [6.45, 7) is 2.25. The van der Waals surface area contributed by atoms with Gasteiger partial charge in [-0.1, -0.05) is 0 Å². The van der Waals surface area contributed by atoms with Crippen LogP contribution in [-0.4, -0.2) is 5.75 Å². The summed E-state index contributed by atoms with van der Waals surface area (Å²) >= 11 is 1.37. The topological polar surface area (TPSA) is 0 Å². The summed E-state index contributed by atoms with van der Waals surface area (Å²) in [5.41, 5.74) is 0. The fourth-order valence-corrected chi connectivity index (χ4v) is 3.84. The number of hydrogen-bond donors (Lipinski definition) is 0. The van der Waals surface area contributed by atoms with E-state index >= 15 is 0 Å². The summed E-state index contributed by atoms with van der Waals surface area (Å²) in [5.74, 6) is 1.36. The van der Waals surface area contributed by atoms with Gasteiger partial charge in [-0.2, -0.15) is 0 Å². The van der Waals surface area contributed by atoms with Crippen molar-refractivity contribution in [2.45, 2.75) is 26.2 Å². The molecule has 0 heterocycles. The summed E-state index contributed by atoms with van der Waals surface area (Å²) in [6.07, 6.45) is 4.17. The van der Waals surface area contributed by atoms with Crippen molar-refractivity contribution in [2.75, 3.05) is 5.75 Å². The maximum absolute atomic E-state index is 2.25. The van der Waals surface area contributed by atoms with Gasteiger partial charge in [-0.05, 0) is 0 Å². The SMILES string of the molecule is CCCCCS[S][Zn]. The average Bonchev–Trinajstić information content (AvgIpc) is 1.81. The molecule has 0 aromatic heterocycles. The second-order valence-electron chi connectivity index (χ2n) is 1.65. The van der Waals surface area contributed by atoms with Crippen LogP contribution in [0.15, 0.2) is 0 Å². The van der Waals surface area contributed by atoms with E-state index in [2.05, 4.69) is 6.92 Å². The molecule has 0 N–H and O–H groups in total. The van der Waals surface area contributed by atoms with Crippen molar-refractivity contribution >= 4 is 19.6 Å². The first-order valence-electron chi connectivity index (χ1n) is 2.95. The minimum absolute atomic E-state index is 1.35. The Kier molecular flexibility index (Phi) is 9.70. The first kappa shape index (κ1) is 9.32. The van der Waals surface area contributed by atoms with E-state index in [0.29, 0.717) is 0 Å². The molecule has 0 aromatic rings. The monoisotopic (exact) mass is 199 g/mol. The normalized spacial score (nSPS) is 9.88. The molecule has 0 aromatic carbocycles. The molecule has 0 radical (unpaired) electrons. The predicted octanol–water partition coefficient (Wildman–Crippen LogP) is 3.02. The minimum atomic E-state index is 1.35. The molecule has 0 aliphatic heterocycles. The van der Waals surface area contributed by atoms with Gasteiger partial charge in [0.15, 0.2) is 0 Å². The van der Waals surface area contributed by atoms with Gasteiger partial charge in [0.2, 0.25) is 0 Å². The van der Waals surface area contributed by atoms with Gasteiger partial charge in [0.1, 0.15) is 0 Å². The predicted molar refractivity (Wildman–Crippen MR) is 39.6 cm³/mol. The second kappa shape index (κ2) is 8.32. The second-order valence-corrected chi connectivity index (χ2v) is 8.39. The number of rotatable bonds is 5. The van der Waals surface area contributed by atoms with Gasteiger partial charge < -0.3 is 0 Å².